The molecule has 0 saturated carbocycles. The highest BCUT2D eigenvalue weighted by Gasteiger charge is 2.53. The summed E-state index contributed by atoms with van der Waals surface area (Å²) in [6.45, 7) is 1.70. The number of ether oxygens (including phenoxy) is 6. The van der Waals surface area contributed by atoms with E-state index in [1.165, 1.54) is 238 Å². The van der Waals surface area contributed by atoms with Crippen molar-refractivity contribution in [2.45, 2.75) is 413 Å². The highest BCUT2D eigenvalue weighted by molar-refractivity contribution is 5.76. The number of allylic oxidation sites excluding steroid dienone is 5. The lowest BCUT2D eigenvalue weighted by Crippen LogP contribution is -2.66. The summed E-state index contributed by atoms with van der Waals surface area (Å²) in [7, 11) is 0. The van der Waals surface area contributed by atoms with Crippen molar-refractivity contribution >= 4 is 5.91 Å². The molecule has 3 rings (SSSR count). The zero-order valence-electron chi connectivity index (χ0n) is 59.4. The summed E-state index contributed by atoms with van der Waals surface area (Å²) in [6, 6.07) is -0.987. The Labute approximate surface area is 574 Å². The summed E-state index contributed by atoms with van der Waals surface area (Å²) in [6.07, 6.45) is 43.4. The van der Waals surface area contributed by atoms with Crippen LogP contribution < -0.4 is 5.32 Å². The van der Waals surface area contributed by atoms with Gasteiger partial charge in [0.15, 0.2) is 18.9 Å². The molecule has 0 radical (unpaired) electrons. The first kappa shape index (κ1) is 87.2. The van der Waals surface area contributed by atoms with Crippen molar-refractivity contribution in [3.8, 4) is 0 Å². The van der Waals surface area contributed by atoms with Gasteiger partial charge in [-0.3, -0.25) is 4.79 Å². The fraction of sp³-hybridized carbons (Fsp3) is 0.908. The third-order valence-corrected chi connectivity index (χ3v) is 19.4. The largest absolute Gasteiger partial charge is 0.394 e. The third-order valence-electron chi connectivity index (χ3n) is 19.4. The van der Waals surface area contributed by atoms with E-state index in [-0.39, 0.29) is 18.9 Å². The summed E-state index contributed by atoms with van der Waals surface area (Å²) in [4.78, 5) is 13.4. The van der Waals surface area contributed by atoms with Gasteiger partial charge >= 0.3 is 0 Å². The van der Waals surface area contributed by atoms with Crippen molar-refractivity contribution in [3.05, 3.63) is 36.5 Å². The van der Waals surface area contributed by atoms with E-state index in [1.807, 2.05) is 6.08 Å². The Morgan fingerprint density at radius 3 is 1.05 bits per heavy atom. The van der Waals surface area contributed by atoms with Crippen LogP contribution in [0.1, 0.15) is 309 Å². The number of aliphatic hydroxyl groups excluding tert-OH is 11. The number of nitrogens with one attached hydrogen (secondary N) is 1. The van der Waals surface area contributed by atoms with Crippen LogP contribution in [0, 0.1) is 0 Å². The van der Waals surface area contributed by atoms with Crippen molar-refractivity contribution in [2.24, 2.45) is 0 Å². The van der Waals surface area contributed by atoms with Crippen LogP contribution in [0.2, 0.25) is 0 Å². The lowest BCUT2D eigenvalue weighted by molar-refractivity contribution is -0.379. The van der Waals surface area contributed by atoms with Crippen LogP contribution in [0.15, 0.2) is 36.5 Å². The van der Waals surface area contributed by atoms with Crippen molar-refractivity contribution in [1.82, 2.24) is 5.32 Å². The SMILES string of the molecule is CCCCCCC/C=C/CC/C=C/C(O)C(COC1OC(CO)C(OC2OC(CO)C(OC3OC(CO)C(O)C(O)C3O)C(O)C2O)C(O)C1O)NC(=O)CCCCCCCCCCCCCCCCCCCCCCCCCCCCC/C=C\CCCCCCCCCC. The van der Waals surface area contributed by atoms with Crippen LogP contribution in [-0.4, -0.2) is 193 Å². The second-order valence-electron chi connectivity index (χ2n) is 27.8. The topological polar surface area (TPSA) is 307 Å². The number of carbonyl (C=O) groups is 1. The van der Waals surface area contributed by atoms with Crippen molar-refractivity contribution in [2.75, 3.05) is 26.4 Å². The molecule has 3 aliphatic heterocycles. The summed E-state index contributed by atoms with van der Waals surface area (Å²) in [5, 5.41) is 120. The minimum absolute atomic E-state index is 0.239. The van der Waals surface area contributed by atoms with Crippen molar-refractivity contribution < 1.29 is 89.4 Å². The van der Waals surface area contributed by atoms with E-state index in [0.717, 1.165) is 38.5 Å². The van der Waals surface area contributed by atoms with Gasteiger partial charge in [0.25, 0.3) is 0 Å². The first-order valence-corrected chi connectivity index (χ1v) is 38.7. The number of aliphatic hydroxyl groups is 11. The van der Waals surface area contributed by atoms with E-state index in [1.54, 1.807) is 6.08 Å². The average Bonchev–Trinajstić information content (AvgIpc) is 0.786. The first-order chi connectivity index (χ1) is 46.3. The number of hydrogen-bond donors (Lipinski definition) is 12. The molecule has 0 aromatic carbocycles. The predicted molar refractivity (Wildman–Crippen MR) is 374 cm³/mol. The molecule has 0 aromatic rings. The molecule has 3 saturated heterocycles. The molecular weight excluding hydrogens is 1210 g/mol. The van der Waals surface area contributed by atoms with Crippen LogP contribution in [0.4, 0.5) is 0 Å². The second kappa shape index (κ2) is 57.6. The Morgan fingerprint density at radius 1 is 0.368 bits per heavy atom. The molecule has 1 amide bonds. The molecule has 0 bridgehead atoms. The van der Waals surface area contributed by atoms with E-state index in [9.17, 15) is 61.0 Å². The fourth-order valence-electron chi connectivity index (χ4n) is 13.1. The van der Waals surface area contributed by atoms with Crippen molar-refractivity contribution in [3.63, 3.8) is 0 Å². The highest BCUT2D eigenvalue weighted by atomic mass is 16.8. The molecule has 19 heteroatoms. The molecule has 12 N–H and O–H groups in total. The van der Waals surface area contributed by atoms with Crippen LogP contribution >= 0.6 is 0 Å². The number of hydrogen-bond acceptors (Lipinski definition) is 18. The third kappa shape index (κ3) is 38.6. The summed E-state index contributed by atoms with van der Waals surface area (Å²) >= 11 is 0. The Bertz CT molecular complexity index is 1860. The smallest absolute Gasteiger partial charge is 0.220 e. The maximum Gasteiger partial charge on any atom is 0.220 e. The Kier molecular flexibility index (Phi) is 52.9. The van der Waals surface area contributed by atoms with E-state index in [0.29, 0.717) is 12.8 Å². The fourth-order valence-corrected chi connectivity index (χ4v) is 13.1. The zero-order chi connectivity index (χ0) is 68.9. The average molecular weight is 1360 g/mol. The molecule has 558 valence electrons. The molecular formula is C76H141NO18. The summed E-state index contributed by atoms with van der Waals surface area (Å²) in [5.74, 6) is -0.282. The van der Waals surface area contributed by atoms with Gasteiger partial charge in [0.2, 0.25) is 5.91 Å². The standard InChI is InChI=1S/C76H141NO18/c1-3-5-7-9-11-13-15-16-17-18-19-20-21-22-23-24-25-26-27-28-29-30-31-32-33-34-35-36-37-38-39-40-41-42-44-46-48-50-52-54-64(82)77-59(60(81)53-51-49-47-45-43-14-12-10-8-6-4-2)58-90-74-70(88)67(85)72(62(56-79)92-74)95-76-71(89)68(86)73(63(57-80)93-76)94-75-69(87)66(84)65(83)61(55-78)91-75/h18-19,43,45,51,53,59-63,65-76,78-81,83-89H,3-17,20-42,44,46-50,52,54-58H2,1-2H3,(H,77,82)/b19-18-,45-43+,53-51+. The van der Waals surface area contributed by atoms with Crippen LogP contribution in [-0.2, 0) is 33.2 Å². The quantitative estimate of drug-likeness (QED) is 0.0199. The van der Waals surface area contributed by atoms with Crippen LogP contribution in [0.25, 0.3) is 0 Å². The number of carbonyl (C=O) groups excluding carboxylic acids is 1. The van der Waals surface area contributed by atoms with E-state index in [2.05, 4.69) is 43.5 Å². The maximum absolute atomic E-state index is 13.4. The summed E-state index contributed by atoms with van der Waals surface area (Å²) in [5.41, 5.74) is 0. The van der Waals surface area contributed by atoms with Crippen LogP contribution in [0.3, 0.4) is 0 Å². The molecule has 0 spiro atoms. The van der Waals surface area contributed by atoms with E-state index < -0.39 is 124 Å². The van der Waals surface area contributed by atoms with Gasteiger partial charge in [-0.15, -0.1) is 0 Å². The molecule has 0 aliphatic carbocycles. The van der Waals surface area contributed by atoms with E-state index >= 15 is 0 Å². The minimum atomic E-state index is -1.98. The minimum Gasteiger partial charge on any atom is -0.394 e. The number of rotatable bonds is 61. The molecule has 19 nitrogen and oxygen atoms in total. The molecule has 3 heterocycles. The Balaban J connectivity index is 1.27. The predicted octanol–water partition coefficient (Wildman–Crippen LogP) is 11.9. The molecule has 17 unspecified atom stereocenters. The van der Waals surface area contributed by atoms with Gasteiger partial charge in [-0.05, 0) is 57.8 Å². The van der Waals surface area contributed by atoms with Crippen LogP contribution in [0.5, 0.6) is 0 Å². The zero-order valence-corrected chi connectivity index (χ0v) is 59.4. The van der Waals surface area contributed by atoms with Gasteiger partial charge in [0, 0.05) is 6.42 Å². The normalized spacial score (nSPS) is 27.4. The van der Waals surface area contributed by atoms with Gasteiger partial charge in [0.1, 0.15) is 73.2 Å². The van der Waals surface area contributed by atoms with Gasteiger partial charge in [-0.2, -0.15) is 0 Å². The molecule has 3 aliphatic rings. The highest BCUT2D eigenvalue weighted by Crippen LogP contribution is 2.33. The lowest BCUT2D eigenvalue weighted by atomic mass is 9.96. The number of amides is 1. The number of unbranched alkanes of at least 4 members (excludes halogenated alkanes) is 41. The van der Waals surface area contributed by atoms with E-state index in [4.69, 9.17) is 28.4 Å². The Morgan fingerprint density at radius 2 is 0.674 bits per heavy atom. The molecule has 17 atom stereocenters. The molecule has 0 aromatic heterocycles. The van der Waals surface area contributed by atoms with Gasteiger partial charge in [0.05, 0.1) is 38.6 Å². The van der Waals surface area contributed by atoms with Gasteiger partial charge in [-0.1, -0.05) is 281 Å². The van der Waals surface area contributed by atoms with Gasteiger partial charge in [-0.25, -0.2) is 0 Å². The Hall–Kier alpha value is -1.99. The van der Waals surface area contributed by atoms with Crippen molar-refractivity contribution in [1.29, 1.82) is 0 Å². The second-order valence-corrected chi connectivity index (χ2v) is 27.8. The monoisotopic (exact) mass is 1360 g/mol. The van der Waals surface area contributed by atoms with Gasteiger partial charge < -0.3 is 89.9 Å². The lowest BCUT2D eigenvalue weighted by Gasteiger charge is -2.48. The summed E-state index contributed by atoms with van der Waals surface area (Å²) < 4.78 is 34.3. The molecule has 95 heavy (non-hydrogen) atoms. The first-order valence-electron chi connectivity index (χ1n) is 38.7. The molecule has 3 fully saturated rings. The maximum atomic E-state index is 13.4.